The van der Waals surface area contributed by atoms with E-state index in [1.807, 2.05) is 25.1 Å². The summed E-state index contributed by atoms with van der Waals surface area (Å²) in [5.41, 5.74) is 4.04. The molecule has 0 saturated heterocycles. The molecule has 6 nitrogen and oxygen atoms in total. The first-order chi connectivity index (χ1) is 13.9. The summed E-state index contributed by atoms with van der Waals surface area (Å²) in [5.74, 6) is -0.714. The second kappa shape index (κ2) is 7.28. The van der Waals surface area contributed by atoms with E-state index in [1.165, 1.54) is 7.11 Å². The van der Waals surface area contributed by atoms with E-state index >= 15 is 0 Å². The van der Waals surface area contributed by atoms with Crippen LogP contribution < -0.4 is 10.1 Å². The Morgan fingerprint density at radius 3 is 2.55 bits per heavy atom. The molecule has 146 valence electrons. The monoisotopic (exact) mass is 455 g/mol. The molecule has 1 aliphatic rings. The van der Waals surface area contributed by atoms with E-state index in [9.17, 15) is 19.8 Å². The van der Waals surface area contributed by atoms with Gasteiger partial charge in [0.15, 0.2) is 0 Å². The number of phenols is 1. The van der Waals surface area contributed by atoms with Crippen LogP contribution in [0.3, 0.4) is 0 Å². The van der Waals surface area contributed by atoms with Crippen molar-refractivity contribution in [1.82, 2.24) is 0 Å². The number of benzene rings is 2. The number of anilines is 1. The number of amides is 1. The molecule has 1 amide bonds. The van der Waals surface area contributed by atoms with Crippen LogP contribution in [0.15, 0.2) is 42.5 Å². The molecule has 0 unspecified atom stereocenters. The Kier molecular flexibility index (Phi) is 4.78. The zero-order valence-electron chi connectivity index (χ0n) is 15.6. The van der Waals surface area contributed by atoms with Gasteiger partial charge in [0, 0.05) is 0 Å². The van der Waals surface area contributed by atoms with Crippen LogP contribution in [0.5, 0.6) is 11.5 Å². The Labute approximate surface area is 172 Å². The van der Waals surface area contributed by atoms with Gasteiger partial charge >= 0.3 is 173 Å². The van der Waals surface area contributed by atoms with E-state index in [1.54, 1.807) is 30.3 Å². The van der Waals surface area contributed by atoms with Crippen LogP contribution in [-0.2, 0) is 4.79 Å². The molecule has 0 aliphatic carbocycles. The minimum absolute atomic E-state index is 0.0623. The van der Waals surface area contributed by atoms with Crippen molar-refractivity contribution in [2.45, 2.75) is 6.92 Å². The molecule has 0 atom stereocenters. The molecule has 1 aliphatic heterocycles. The van der Waals surface area contributed by atoms with Gasteiger partial charge in [-0.3, -0.25) is 0 Å². The summed E-state index contributed by atoms with van der Waals surface area (Å²) < 4.78 is 6.86. The quantitative estimate of drug-likeness (QED) is 0.414. The SMILES string of the molecule is COc1cc(-c2ccc3c(c2)NC(=O)C3=Cc2cc(C(=O)O)c(C)[se]2)ccc1O. The van der Waals surface area contributed by atoms with Crippen molar-refractivity contribution < 1.29 is 24.5 Å². The summed E-state index contributed by atoms with van der Waals surface area (Å²) in [6, 6.07) is 12.4. The standard InChI is InChI=1S/C22H17NO5Se/c1-11-16(22(26)27)9-14(29-11)10-17-15-5-3-12(7-18(15)23-21(17)25)13-4-6-19(24)20(8-13)28-2/h3-10,24H,1-2H3,(H,23,25)(H,26,27). The molecule has 0 radical (unpaired) electrons. The predicted octanol–water partition coefficient (Wildman–Crippen LogP) is 3.62. The Bertz CT molecular complexity index is 1190. The average molecular weight is 454 g/mol. The van der Waals surface area contributed by atoms with Gasteiger partial charge in [-0.15, -0.1) is 0 Å². The predicted molar refractivity (Wildman–Crippen MR) is 112 cm³/mol. The number of hydrogen-bond acceptors (Lipinski definition) is 4. The molecule has 1 aromatic heterocycles. The molecule has 29 heavy (non-hydrogen) atoms. The van der Waals surface area contributed by atoms with Crippen LogP contribution in [0.25, 0.3) is 22.8 Å². The third-order valence-electron chi connectivity index (χ3n) is 4.77. The second-order valence-electron chi connectivity index (χ2n) is 6.58. The summed E-state index contributed by atoms with van der Waals surface area (Å²) in [7, 11) is 1.49. The zero-order valence-corrected chi connectivity index (χ0v) is 17.4. The number of nitrogens with one attached hydrogen (secondary N) is 1. The molecule has 3 N–H and O–H groups in total. The number of phenolic OH excluding ortho intramolecular Hbond substituents is 1. The Morgan fingerprint density at radius 1 is 1.14 bits per heavy atom. The van der Waals surface area contributed by atoms with Crippen molar-refractivity contribution in [3.8, 4) is 22.6 Å². The summed E-state index contributed by atoms with van der Waals surface area (Å²) in [6.07, 6.45) is 1.78. The van der Waals surface area contributed by atoms with Crippen LogP contribution in [0.4, 0.5) is 5.69 Å². The Morgan fingerprint density at radius 2 is 1.86 bits per heavy atom. The fourth-order valence-electron chi connectivity index (χ4n) is 3.31. The average Bonchev–Trinajstić information content (AvgIpc) is 3.21. The van der Waals surface area contributed by atoms with E-state index in [-0.39, 0.29) is 26.2 Å². The Balaban J connectivity index is 1.72. The number of hydrogen-bond donors (Lipinski definition) is 3. The molecule has 2 aromatic carbocycles. The number of aromatic carboxylic acids is 1. The summed E-state index contributed by atoms with van der Waals surface area (Å²) in [6.45, 7) is 1.81. The normalized spacial score (nSPS) is 14.0. The number of carbonyl (C=O) groups is 2. The number of carboxylic acids is 1. The van der Waals surface area contributed by atoms with Crippen molar-refractivity contribution in [3.63, 3.8) is 0 Å². The van der Waals surface area contributed by atoms with Crippen molar-refractivity contribution in [1.29, 1.82) is 0 Å². The molecule has 4 rings (SSSR count). The first-order valence-electron chi connectivity index (χ1n) is 8.76. The van der Waals surface area contributed by atoms with Crippen LogP contribution in [0.1, 0.15) is 24.8 Å². The van der Waals surface area contributed by atoms with Gasteiger partial charge in [-0.05, 0) is 0 Å². The molecule has 0 bridgehead atoms. The van der Waals surface area contributed by atoms with Gasteiger partial charge < -0.3 is 0 Å². The number of aryl methyl sites for hydroxylation is 1. The van der Waals surface area contributed by atoms with Crippen LogP contribution in [0.2, 0.25) is 0 Å². The topological polar surface area (TPSA) is 95.9 Å². The molecular formula is C22H17NO5Se. The van der Waals surface area contributed by atoms with Gasteiger partial charge in [0.25, 0.3) is 0 Å². The van der Waals surface area contributed by atoms with E-state index in [0.29, 0.717) is 22.6 Å². The van der Waals surface area contributed by atoms with Crippen molar-refractivity contribution in [2.75, 3.05) is 12.4 Å². The van der Waals surface area contributed by atoms with Gasteiger partial charge in [-0.2, -0.15) is 0 Å². The van der Waals surface area contributed by atoms with E-state index < -0.39 is 5.97 Å². The van der Waals surface area contributed by atoms with Crippen molar-refractivity contribution >= 4 is 43.7 Å². The van der Waals surface area contributed by atoms with Crippen LogP contribution in [0, 0.1) is 6.92 Å². The number of fused-ring (bicyclic) bond motifs is 1. The molecule has 0 fully saturated rings. The molecular weight excluding hydrogens is 437 g/mol. The van der Waals surface area contributed by atoms with Crippen molar-refractivity contribution in [2.24, 2.45) is 0 Å². The molecule has 0 saturated carbocycles. The minimum atomic E-state index is -0.942. The number of rotatable bonds is 4. The van der Waals surface area contributed by atoms with E-state index in [0.717, 1.165) is 25.6 Å². The second-order valence-corrected chi connectivity index (χ2v) is 9.29. The van der Waals surface area contributed by atoms with Crippen molar-refractivity contribution in [3.05, 3.63) is 62.5 Å². The third kappa shape index (κ3) is 3.46. The summed E-state index contributed by atoms with van der Waals surface area (Å²) in [4.78, 5) is 23.8. The molecule has 0 spiro atoms. The van der Waals surface area contributed by atoms with Crippen LogP contribution >= 0.6 is 0 Å². The number of aromatic hydroxyl groups is 1. The number of carboxylic acid groups (broad SMARTS) is 1. The molecule has 3 aromatic rings. The van der Waals surface area contributed by atoms with Gasteiger partial charge in [0.1, 0.15) is 0 Å². The van der Waals surface area contributed by atoms with E-state index in [4.69, 9.17) is 4.74 Å². The summed E-state index contributed by atoms with van der Waals surface area (Å²) >= 11 is -0.105. The number of carbonyl (C=O) groups excluding carboxylic acids is 1. The zero-order chi connectivity index (χ0) is 20.7. The maximum atomic E-state index is 12.5. The maximum absolute atomic E-state index is 12.5. The Hall–Kier alpha value is -3.28. The van der Waals surface area contributed by atoms with Gasteiger partial charge in [-0.25, -0.2) is 0 Å². The van der Waals surface area contributed by atoms with Gasteiger partial charge in [0.2, 0.25) is 0 Å². The number of methoxy groups -OCH3 is 1. The van der Waals surface area contributed by atoms with Gasteiger partial charge in [0.05, 0.1) is 0 Å². The third-order valence-corrected chi connectivity index (χ3v) is 6.86. The molecule has 2 heterocycles. The van der Waals surface area contributed by atoms with E-state index in [2.05, 4.69) is 5.32 Å². The summed E-state index contributed by atoms with van der Waals surface area (Å²) in [5, 5.41) is 21.9. The molecule has 7 heteroatoms. The fourth-order valence-corrected chi connectivity index (χ4v) is 5.33. The number of ether oxygens (including phenoxy) is 1. The van der Waals surface area contributed by atoms with Gasteiger partial charge in [-0.1, -0.05) is 0 Å². The van der Waals surface area contributed by atoms with Crippen LogP contribution in [-0.4, -0.2) is 43.7 Å². The fraction of sp³-hybridized carbons (Fsp3) is 0.0909. The first-order valence-corrected chi connectivity index (χ1v) is 10.5. The first kappa shape index (κ1) is 19.1.